The van der Waals surface area contributed by atoms with Gasteiger partial charge in [-0.3, -0.25) is 0 Å². The maximum atomic E-state index is 7.12. The Morgan fingerprint density at radius 3 is 2.42 bits per heavy atom. The maximum absolute atomic E-state index is 7.12. The van der Waals surface area contributed by atoms with Crippen LogP contribution in [0.25, 0.3) is 0 Å². The lowest BCUT2D eigenvalue weighted by Gasteiger charge is -2.18. The average molecular weight is 161 g/mol. The molecule has 1 rings (SSSR count). The molecule has 12 heavy (non-hydrogen) atoms. The molecule has 0 saturated heterocycles. The van der Waals surface area contributed by atoms with Crippen molar-refractivity contribution in [2.45, 2.75) is 26.2 Å². The fraction of sp³-hybridized carbons (Fsp3) is 0.364. The van der Waals surface area contributed by atoms with E-state index in [2.05, 4.69) is 32.9 Å². The summed E-state index contributed by atoms with van der Waals surface area (Å²) in [6.45, 7) is 6.53. The van der Waals surface area contributed by atoms with Crippen LogP contribution in [0.15, 0.2) is 24.3 Å². The van der Waals surface area contributed by atoms with E-state index in [1.807, 2.05) is 12.1 Å². The van der Waals surface area contributed by atoms with Crippen LogP contribution in [0, 0.1) is 5.41 Å². The molecule has 64 valence electrons. The van der Waals surface area contributed by atoms with Crippen molar-refractivity contribution in [1.82, 2.24) is 0 Å². The highest BCUT2D eigenvalue weighted by atomic mass is 14.3. The Morgan fingerprint density at radius 2 is 1.92 bits per heavy atom. The van der Waals surface area contributed by atoms with Gasteiger partial charge >= 0.3 is 0 Å². The Kier molecular flexibility index (Phi) is 2.32. The summed E-state index contributed by atoms with van der Waals surface area (Å²) in [5.41, 5.74) is 2.44. The first-order chi connectivity index (χ1) is 5.54. The first kappa shape index (κ1) is 8.98. The van der Waals surface area contributed by atoms with E-state index in [0.717, 1.165) is 5.56 Å². The van der Waals surface area contributed by atoms with Gasteiger partial charge in [0.05, 0.1) is 0 Å². The smallest absolute Gasteiger partial charge is 0.0250 e. The highest BCUT2D eigenvalue weighted by molar-refractivity contribution is 5.77. The Balaban J connectivity index is 3.10. The first-order valence-corrected chi connectivity index (χ1v) is 4.15. The quantitative estimate of drug-likeness (QED) is 0.612. The highest BCUT2D eigenvalue weighted by Crippen LogP contribution is 2.22. The second kappa shape index (κ2) is 3.10. The molecular weight excluding hydrogens is 146 g/mol. The average Bonchev–Trinajstić information content (AvgIpc) is 2.03. The molecule has 0 aliphatic heterocycles. The summed E-state index contributed by atoms with van der Waals surface area (Å²) >= 11 is 0. The van der Waals surface area contributed by atoms with Crippen molar-refractivity contribution < 1.29 is 0 Å². The second-order valence-corrected chi connectivity index (χ2v) is 4.02. The molecule has 0 aromatic heterocycles. The van der Waals surface area contributed by atoms with Crippen molar-refractivity contribution in [3.63, 3.8) is 0 Å². The molecular formula is C11H15N. The summed E-state index contributed by atoms with van der Waals surface area (Å²) in [4.78, 5) is 0. The molecule has 0 heterocycles. The Hall–Kier alpha value is -1.11. The van der Waals surface area contributed by atoms with E-state index in [1.165, 1.54) is 11.8 Å². The lowest BCUT2D eigenvalue weighted by Crippen LogP contribution is -2.10. The summed E-state index contributed by atoms with van der Waals surface area (Å²) in [5, 5.41) is 7.12. The van der Waals surface area contributed by atoms with Gasteiger partial charge < -0.3 is 5.41 Å². The molecule has 1 aromatic rings. The van der Waals surface area contributed by atoms with Crippen molar-refractivity contribution in [2.75, 3.05) is 0 Å². The molecule has 0 aliphatic carbocycles. The third kappa shape index (κ3) is 1.94. The van der Waals surface area contributed by atoms with Gasteiger partial charge in [-0.05, 0) is 22.6 Å². The van der Waals surface area contributed by atoms with Crippen molar-refractivity contribution in [1.29, 1.82) is 5.41 Å². The zero-order valence-corrected chi connectivity index (χ0v) is 7.89. The Morgan fingerprint density at radius 1 is 1.25 bits per heavy atom. The fourth-order valence-corrected chi connectivity index (χ4v) is 1.09. The largest absolute Gasteiger partial charge is 0.308 e. The fourth-order valence-electron chi connectivity index (χ4n) is 1.09. The predicted octanol–water partition coefficient (Wildman–Crippen LogP) is 2.98. The number of nitrogens with one attached hydrogen (secondary N) is 1. The molecule has 0 atom stereocenters. The Labute approximate surface area is 73.9 Å². The van der Waals surface area contributed by atoms with Crippen molar-refractivity contribution in [3.8, 4) is 0 Å². The Bertz CT molecular complexity index is 281. The highest BCUT2D eigenvalue weighted by Gasteiger charge is 2.12. The topological polar surface area (TPSA) is 23.9 Å². The lowest BCUT2D eigenvalue weighted by atomic mass is 9.86. The summed E-state index contributed by atoms with van der Waals surface area (Å²) in [6.07, 6.45) is 1.38. The van der Waals surface area contributed by atoms with Crippen LogP contribution in [0.5, 0.6) is 0 Å². The molecule has 1 heteroatoms. The van der Waals surface area contributed by atoms with Crippen molar-refractivity contribution >= 4 is 6.21 Å². The monoisotopic (exact) mass is 161 g/mol. The van der Waals surface area contributed by atoms with E-state index in [9.17, 15) is 0 Å². The zero-order valence-electron chi connectivity index (χ0n) is 7.89. The molecule has 0 radical (unpaired) electrons. The molecule has 0 spiro atoms. The van der Waals surface area contributed by atoms with Gasteiger partial charge in [-0.2, -0.15) is 0 Å². The minimum Gasteiger partial charge on any atom is -0.308 e. The van der Waals surface area contributed by atoms with Crippen molar-refractivity contribution in [3.05, 3.63) is 35.4 Å². The van der Waals surface area contributed by atoms with Crippen LogP contribution in [-0.4, -0.2) is 6.21 Å². The minimum atomic E-state index is 0.180. The van der Waals surface area contributed by atoms with Gasteiger partial charge in [-0.1, -0.05) is 39.0 Å². The van der Waals surface area contributed by atoms with Crippen LogP contribution in [0.1, 0.15) is 31.9 Å². The molecule has 0 saturated carbocycles. The summed E-state index contributed by atoms with van der Waals surface area (Å²) < 4.78 is 0. The number of benzene rings is 1. The number of hydrogen-bond donors (Lipinski definition) is 1. The van der Waals surface area contributed by atoms with Crippen LogP contribution in [0.4, 0.5) is 0 Å². The molecule has 1 aromatic carbocycles. The SMILES string of the molecule is CC(C)(C)c1cccc(C=N)c1. The first-order valence-electron chi connectivity index (χ1n) is 4.15. The van der Waals surface area contributed by atoms with Gasteiger partial charge in [0.15, 0.2) is 0 Å². The van der Waals surface area contributed by atoms with Gasteiger partial charge in [0.2, 0.25) is 0 Å². The molecule has 1 nitrogen and oxygen atoms in total. The van der Waals surface area contributed by atoms with Crippen molar-refractivity contribution in [2.24, 2.45) is 0 Å². The van der Waals surface area contributed by atoms with E-state index in [1.54, 1.807) is 0 Å². The summed E-state index contributed by atoms with van der Waals surface area (Å²) in [6, 6.07) is 8.11. The number of hydrogen-bond acceptors (Lipinski definition) is 1. The molecule has 0 amide bonds. The maximum Gasteiger partial charge on any atom is 0.0250 e. The van der Waals surface area contributed by atoms with Crippen LogP contribution in [0.2, 0.25) is 0 Å². The molecule has 0 fully saturated rings. The van der Waals surface area contributed by atoms with Gasteiger partial charge in [0.1, 0.15) is 0 Å². The van der Waals surface area contributed by atoms with Crippen LogP contribution < -0.4 is 0 Å². The number of rotatable bonds is 1. The van der Waals surface area contributed by atoms with Gasteiger partial charge in [0.25, 0.3) is 0 Å². The standard InChI is InChI=1S/C11H15N/c1-11(2,3)10-6-4-5-9(7-10)8-12/h4-8,12H,1-3H3. The molecule has 0 bridgehead atoms. The van der Waals surface area contributed by atoms with E-state index in [4.69, 9.17) is 5.41 Å². The van der Waals surface area contributed by atoms with Crippen LogP contribution in [0.3, 0.4) is 0 Å². The van der Waals surface area contributed by atoms with Crippen LogP contribution in [-0.2, 0) is 5.41 Å². The van der Waals surface area contributed by atoms with E-state index < -0.39 is 0 Å². The summed E-state index contributed by atoms with van der Waals surface area (Å²) in [5.74, 6) is 0. The zero-order chi connectivity index (χ0) is 9.19. The summed E-state index contributed by atoms with van der Waals surface area (Å²) in [7, 11) is 0. The normalized spacial score (nSPS) is 11.2. The lowest BCUT2D eigenvalue weighted by molar-refractivity contribution is 0.590. The van der Waals surface area contributed by atoms with Gasteiger partial charge in [-0.15, -0.1) is 0 Å². The van der Waals surface area contributed by atoms with E-state index in [0.29, 0.717) is 0 Å². The second-order valence-electron chi connectivity index (χ2n) is 4.02. The molecule has 1 N–H and O–H groups in total. The van der Waals surface area contributed by atoms with Gasteiger partial charge in [-0.25, -0.2) is 0 Å². The van der Waals surface area contributed by atoms with E-state index >= 15 is 0 Å². The third-order valence-corrected chi connectivity index (χ3v) is 1.92. The molecule has 0 aliphatic rings. The molecule has 0 unspecified atom stereocenters. The predicted molar refractivity (Wildman–Crippen MR) is 53.0 cm³/mol. The van der Waals surface area contributed by atoms with E-state index in [-0.39, 0.29) is 5.41 Å². The van der Waals surface area contributed by atoms with Crippen LogP contribution >= 0.6 is 0 Å². The minimum absolute atomic E-state index is 0.180. The van der Waals surface area contributed by atoms with Gasteiger partial charge in [0, 0.05) is 6.21 Å². The third-order valence-electron chi connectivity index (χ3n) is 1.92.